The molecular formula is C6H11NO2S. The molecule has 4 heteroatoms. The van der Waals surface area contributed by atoms with Crippen molar-refractivity contribution in [2.75, 3.05) is 12.3 Å². The lowest BCUT2D eigenvalue weighted by atomic mass is 10.4. The molecule has 0 aromatic heterocycles. The van der Waals surface area contributed by atoms with Gasteiger partial charge in [0.15, 0.2) is 9.84 Å². The summed E-state index contributed by atoms with van der Waals surface area (Å²) in [4.78, 5) is 0. The van der Waals surface area contributed by atoms with Crippen LogP contribution in [0.15, 0.2) is 10.6 Å². The van der Waals surface area contributed by atoms with Gasteiger partial charge in [-0.1, -0.05) is 0 Å². The average molecular weight is 161 g/mol. The predicted octanol–water partition coefficient (Wildman–Crippen LogP) is 0.256. The van der Waals surface area contributed by atoms with E-state index in [0.717, 1.165) is 5.57 Å². The molecule has 1 aliphatic rings. The molecule has 1 aliphatic heterocycles. The van der Waals surface area contributed by atoms with Crippen molar-refractivity contribution in [3.8, 4) is 0 Å². The molecule has 0 spiro atoms. The van der Waals surface area contributed by atoms with Gasteiger partial charge < -0.3 is 5.32 Å². The Morgan fingerprint density at radius 1 is 1.50 bits per heavy atom. The van der Waals surface area contributed by atoms with Gasteiger partial charge in [0.25, 0.3) is 0 Å². The van der Waals surface area contributed by atoms with Crippen LogP contribution in [0.1, 0.15) is 13.8 Å². The maximum Gasteiger partial charge on any atom is 0.194 e. The molecule has 1 saturated heterocycles. The number of hydrogen-bond donors (Lipinski definition) is 1. The molecular weight excluding hydrogens is 150 g/mol. The van der Waals surface area contributed by atoms with Crippen molar-refractivity contribution < 1.29 is 8.42 Å². The lowest BCUT2D eigenvalue weighted by molar-refractivity contribution is 0.605. The Hall–Kier alpha value is -0.510. The van der Waals surface area contributed by atoms with Crippen LogP contribution < -0.4 is 5.32 Å². The van der Waals surface area contributed by atoms with Crippen molar-refractivity contribution in [2.24, 2.45) is 0 Å². The first-order valence-electron chi connectivity index (χ1n) is 3.18. The summed E-state index contributed by atoms with van der Waals surface area (Å²) in [6, 6.07) is 0. The van der Waals surface area contributed by atoms with Crippen LogP contribution in [0.5, 0.6) is 0 Å². The molecule has 0 aromatic carbocycles. The molecule has 0 radical (unpaired) electrons. The average Bonchev–Trinajstić information content (AvgIpc) is 2.08. The highest BCUT2D eigenvalue weighted by Crippen LogP contribution is 2.13. The van der Waals surface area contributed by atoms with Gasteiger partial charge in [-0.3, -0.25) is 0 Å². The highest BCUT2D eigenvalue weighted by Gasteiger charge is 2.24. The smallest absolute Gasteiger partial charge is 0.194 e. The van der Waals surface area contributed by atoms with Crippen LogP contribution in [0, 0.1) is 0 Å². The summed E-state index contributed by atoms with van der Waals surface area (Å²) in [5, 5.41) is 3.26. The standard InChI is InChI=1S/C6H11NO2S/c1-5(2)6-7-3-4-10(6,8)9/h7H,3-4H2,1-2H3. The molecule has 0 aromatic rings. The third-order valence-electron chi connectivity index (χ3n) is 1.42. The minimum absolute atomic E-state index is 0.244. The van der Waals surface area contributed by atoms with Crippen LogP contribution in [0.4, 0.5) is 0 Å². The molecule has 1 heterocycles. The zero-order valence-electron chi connectivity index (χ0n) is 6.14. The van der Waals surface area contributed by atoms with Crippen molar-refractivity contribution in [2.45, 2.75) is 13.8 Å². The Morgan fingerprint density at radius 3 is 2.30 bits per heavy atom. The predicted molar refractivity (Wildman–Crippen MR) is 40.2 cm³/mol. The summed E-state index contributed by atoms with van der Waals surface area (Å²) < 4.78 is 22.2. The summed E-state index contributed by atoms with van der Waals surface area (Å²) in [5.74, 6) is 0.244. The minimum Gasteiger partial charge on any atom is -0.375 e. The Bertz CT molecular complexity index is 259. The summed E-state index contributed by atoms with van der Waals surface area (Å²) in [7, 11) is -2.92. The van der Waals surface area contributed by atoms with Crippen LogP contribution in [0.25, 0.3) is 0 Å². The molecule has 0 saturated carbocycles. The van der Waals surface area contributed by atoms with E-state index >= 15 is 0 Å². The second-order valence-electron chi connectivity index (χ2n) is 2.57. The Morgan fingerprint density at radius 2 is 2.10 bits per heavy atom. The van der Waals surface area contributed by atoms with E-state index in [9.17, 15) is 8.42 Å². The second kappa shape index (κ2) is 2.27. The van der Waals surface area contributed by atoms with Gasteiger partial charge in [0.2, 0.25) is 0 Å². The quantitative estimate of drug-likeness (QED) is 0.554. The van der Waals surface area contributed by atoms with Gasteiger partial charge in [-0.15, -0.1) is 0 Å². The van der Waals surface area contributed by atoms with Gasteiger partial charge in [0.1, 0.15) is 5.03 Å². The lowest BCUT2D eigenvalue weighted by Crippen LogP contribution is -2.08. The van der Waals surface area contributed by atoms with E-state index in [1.807, 2.05) is 0 Å². The van der Waals surface area contributed by atoms with Crippen molar-refractivity contribution in [3.05, 3.63) is 10.6 Å². The number of allylic oxidation sites excluding steroid dienone is 1. The SMILES string of the molecule is CC(C)=C1NCCS1(=O)=O. The van der Waals surface area contributed by atoms with Crippen LogP contribution in [0.3, 0.4) is 0 Å². The number of hydrogen-bond acceptors (Lipinski definition) is 3. The van der Waals surface area contributed by atoms with E-state index in [1.165, 1.54) is 0 Å². The van der Waals surface area contributed by atoms with E-state index < -0.39 is 9.84 Å². The number of rotatable bonds is 0. The highest BCUT2D eigenvalue weighted by atomic mass is 32.2. The molecule has 0 atom stereocenters. The minimum atomic E-state index is -2.92. The van der Waals surface area contributed by atoms with Gasteiger partial charge in [0.05, 0.1) is 5.75 Å². The maximum absolute atomic E-state index is 11.1. The van der Waals surface area contributed by atoms with Crippen molar-refractivity contribution in [3.63, 3.8) is 0 Å². The summed E-state index contributed by atoms with van der Waals surface area (Å²) >= 11 is 0. The molecule has 58 valence electrons. The largest absolute Gasteiger partial charge is 0.375 e. The monoisotopic (exact) mass is 161 g/mol. The second-order valence-corrected chi connectivity index (χ2v) is 4.62. The molecule has 0 bridgehead atoms. The van der Waals surface area contributed by atoms with Crippen LogP contribution in [-0.4, -0.2) is 20.7 Å². The summed E-state index contributed by atoms with van der Waals surface area (Å²) in [6.45, 7) is 4.15. The third kappa shape index (κ3) is 1.16. The summed E-state index contributed by atoms with van der Waals surface area (Å²) in [6.07, 6.45) is 0. The van der Waals surface area contributed by atoms with Crippen LogP contribution in [0.2, 0.25) is 0 Å². The van der Waals surface area contributed by atoms with Gasteiger partial charge >= 0.3 is 0 Å². The van der Waals surface area contributed by atoms with Crippen molar-refractivity contribution in [1.29, 1.82) is 0 Å². The fourth-order valence-corrected chi connectivity index (χ4v) is 2.52. The zero-order valence-corrected chi connectivity index (χ0v) is 6.96. The van der Waals surface area contributed by atoms with Gasteiger partial charge in [-0.05, 0) is 19.4 Å². The van der Waals surface area contributed by atoms with E-state index in [2.05, 4.69) is 5.32 Å². The first-order chi connectivity index (χ1) is 4.54. The first-order valence-corrected chi connectivity index (χ1v) is 4.83. The van der Waals surface area contributed by atoms with Crippen molar-refractivity contribution >= 4 is 9.84 Å². The van der Waals surface area contributed by atoms with Gasteiger partial charge in [-0.25, -0.2) is 8.42 Å². The van der Waals surface area contributed by atoms with Crippen LogP contribution in [-0.2, 0) is 9.84 Å². The molecule has 0 unspecified atom stereocenters. The Labute approximate surface area is 61.0 Å². The zero-order chi connectivity index (χ0) is 7.78. The topological polar surface area (TPSA) is 46.2 Å². The fraction of sp³-hybridized carbons (Fsp3) is 0.667. The maximum atomic E-state index is 11.1. The fourth-order valence-electron chi connectivity index (χ4n) is 0.999. The molecule has 0 aliphatic carbocycles. The summed E-state index contributed by atoms with van der Waals surface area (Å²) in [5.41, 5.74) is 0.845. The molecule has 10 heavy (non-hydrogen) atoms. The van der Waals surface area contributed by atoms with Gasteiger partial charge in [0, 0.05) is 6.54 Å². The highest BCUT2D eigenvalue weighted by molar-refractivity contribution is 7.95. The van der Waals surface area contributed by atoms with E-state index in [0.29, 0.717) is 11.6 Å². The molecule has 1 N–H and O–H groups in total. The number of nitrogens with one attached hydrogen (secondary N) is 1. The first kappa shape index (κ1) is 7.60. The van der Waals surface area contributed by atoms with E-state index in [-0.39, 0.29) is 5.75 Å². The van der Waals surface area contributed by atoms with Crippen LogP contribution >= 0.6 is 0 Å². The molecule has 0 amide bonds. The lowest BCUT2D eigenvalue weighted by Gasteiger charge is -1.98. The Balaban J connectivity index is 3.14. The third-order valence-corrected chi connectivity index (χ3v) is 3.34. The van der Waals surface area contributed by atoms with E-state index in [1.54, 1.807) is 13.8 Å². The normalized spacial score (nSPS) is 22.4. The Kier molecular flexibility index (Phi) is 1.72. The number of sulfone groups is 1. The molecule has 1 rings (SSSR count). The van der Waals surface area contributed by atoms with Gasteiger partial charge in [-0.2, -0.15) is 0 Å². The van der Waals surface area contributed by atoms with E-state index in [4.69, 9.17) is 0 Å². The van der Waals surface area contributed by atoms with Crippen molar-refractivity contribution in [1.82, 2.24) is 5.32 Å². The molecule has 1 fully saturated rings. The molecule has 3 nitrogen and oxygen atoms in total.